The Morgan fingerprint density at radius 3 is 2.52 bits per heavy atom. The van der Waals surface area contributed by atoms with E-state index in [0.717, 1.165) is 6.42 Å². The number of rotatable bonds is 4. The minimum Gasteiger partial charge on any atom is -0.508 e. The van der Waals surface area contributed by atoms with E-state index in [1.54, 1.807) is 18.2 Å². The van der Waals surface area contributed by atoms with Crippen molar-refractivity contribution in [3.05, 3.63) is 48.1 Å². The molecule has 2 bridgehead atoms. The van der Waals surface area contributed by atoms with E-state index in [1.165, 1.54) is 25.1 Å². The van der Waals surface area contributed by atoms with Gasteiger partial charge in [0.05, 0.1) is 6.61 Å². The maximum absolute atomic E-state index is 14.1. The minimum atomic E-state index is -1.74. The third-order valence-electron chi connectivity index (χ3n) is 10.2. The lowest BCUT2D eigenvalue weighted by molar-refractivity contribution is -0.252. The summed E-state index contributed by atoms with van der Waals surface area (Å²) in [5.41, 5.74) is -1.93. The molecule has 6 rings (SSSR count). The first-order valence-corrected chi connectivity index (χ1v) is 13.8. The first-order chi connectivity index (χ1) is 18.9. The van der Waals surface area contributed by atoms with Gasteiger partial charge in [-0.15, -0.1) is 0 Å². The molecule has 3 saturated carbocycles. The zero-order valence-electron chi connectivity index (χ0n) is 22.9. The largest absolute Gasteiger partial charge is 0.508 e. The van der Waals surface area contributed by atoms with Gasteiger partial charge in [-0.1, -0.05) is 32.6 Å². The molecular weight excluding hydrogens is 516 g/mol. The first-order valence-electron chi connectivity index (χ1n) is 13.8. The van der Waals surface area contributed by atoms with Crippen molar-refractivity contribution in [3.8, 4) is 5.75 Å². The standard InChI is InChI=1S/C31H34O9/c1-16-20-10-11-21-30-15-37-27(38-17(2)32)24(30)29(3,4)14-13-22(30)39-28(36)31(21,25(16)35)26(20)40-23(34)12-7-18-5-8-19(33)9-6-18/h5-9,12,20-22,24,26-27,33H,1,10-11,13-15H2,2-4H3/b12-7+/t20-,21-,22-,24?,26+,27?,30?,31?/m0/s1. The highest BCUT2D eigenvalue weighted by Gasteiger charge is 2.81. The summed E-state index contributed by atoms with van der Waals surface area (Å²) in [6.45, 7) is 9.72. The van der Waals surface area contributed by atoms with E-state index in [2.05, 4.69) is 20.4 Å². The molecule has 212 valence electrons. The van der Waals surface area contributed by atoms with Gasteiger partial charge in [0.1, 0.15) is 18.0 Å². The number of phenols is 1. The third kappa shape index (κ3) is 3.56. The van der Waals surface area contributed by atoms with Gasteiger partial charge < -0.3 is 24.1 Å². The fraction of sp³-hybridized carbons (Fsp3) is 0.548. The first kappa shape index (κ1) is 26.7. The zero-order chi connectivity index (χ0) is 28.6. The fourth-order valence-electron chi connectivity index (χ4n) is 8.64. The Labute approximate surface area is 232 Å². The summed E-state index contributed by atoms with van der Waals surface area (Å²) in [4.78, 5) is 53.2. The second-order valence-electron chi connectivity index (χ2n) is 12.5. The van der Waals surface area contributed by atoms with Crippen LogP contribution in [-0.4, -0.2) is 53.9 Å². The summed E-state index contributed by atoms with van der Waals surface area (Å²) < 4.78 is 23.9. The maximum atomic E-state index is 14.1. The average Bonchev–Trinajstić information content (AvgIpc) is 3.33. The lowest BCUT2D eigenvalue weighted by Gasteiger charge is -2.62. The van der Waals surface area contributed by atoms with Gasteiger partial charge in [-0.25, -0.2) is 4.79 Å². The van der Waals surface area contributed by atoms with Crippen molar-refractivity contribution in [1.29, 1.82) is 0 Å². The predicted octanol–water partition coefficient (Wildman–Crippen LogP) is 3.74. The summed E-state index contributed by atoms with van der Waals surface area (Å²) in [5.74, 6) is -3.54. The molecule has 0 aromatic heterocycles. The molecule has 9 nitrogen and oxygen atoms in total. The third-order valence-corrected chi connectivity index (χ3v) is 10.2. The molecule has 8 atom stereocenters. The van der Waals surface area contributed by atoms with Crippen LogP contribution in [0.2, 0.25) is 0 Å². The Morgan fingerprint density at radius 2 is 1.82 bits per heavy atom. The highest BCUT2D eigenvalue weighted by atomic mass is 16.7. The van der Waals surface area contributed by atoms with Crippen molar-refractivity contribution < 1.29 is 43.2 Å². The van der Waals surface area contributed by atoms with Crippen LogP contribution in [0.1, 0.15) is 52.0 Å². The second kappa shape index (κ2) is 9.03. The van der Waals surface area contributed by atoms with Crippen molar-refractivity contribution in [2.24, 2.45) is 34.0 Å². The number of esters is 3. The van der Waals surface area contributed by atoms with Crippen molar-refractivity contribution >= 4 is 29.8 Å². The number of hydrogen-bond acceptors (Lipinski definition) is 9. The number of ether oxygens (including phenoxy) is 4. The normalized spacial score (nSPS) is 39.2. The molecule has 0 amide bonds. The van der Waals surface area contributed by atoms with Crippen LogP contribution < -0.4 is 0 Å². The smallest absolute Gasteiger partial charge is 0.331 e. The lowest BCUT2D eigenvalue weighted by atomic mass is 9.43. The van der Waals surface area contributed by atoms with E-state index < -0.39 is 64.9 Å². The van der Waals surface area contributed by atoms with Crippen LogP contribution >= 0.6 is 0 Å². The molecule has 9 heteroatoms. The van der Waals surface area contributed by atoms with Gasteiger partial charge in [-0.2, -0.15) is 0 Å². The Morgan fingerprint density at radius 1 is 1.10 bits per heavy atom. The summed E-state index contributed by atoms with van der Waals surface area (Å²) in [7, 11) is 0. The van der Waals surface area contributed by atoms with Gasteiger partial charge >= 0.3 is 17.9 Å². The van der Waals surface area contributed by atoms with Crippen LogP contribution in [0, 0.1) is 34.0 Å². The quantitative estimate of drug-likeness (QED) is 0.258. The fourth-order valence-corrected chi connectivity index (χ4v) is 8.64. The predicted molar refractivity (Wildman–Crippen MR) is 140 cm³/mol. The van der Waals surface area contributed by atoms with Gasteiger partial charge in [-0.05, 0) is 66.4 Å². The highest BCUT2D eigenvalue weighted by molar-refractivity contribution is 6.16. The number of benzene rings is 1. The minimum absolute atomic E-state index is 0.102. The number of aromatic hydroxyl groups is 1. The lowest BCUT2D eigenvalue weighted by Crippen LogP contribution is -2.71. The van der Waals surface area contributed by atoms with E-state index in [-0.39, 0.29) is 29.3 Å². The van der Waals surface area contributed by atoms with Crippen LogP contribution in [0.25, 0.3) is 6.08 Å². The monoisotopic (exact) mass is 550 g/mol. The molecular formula is C31H34O9. The summed E-state index contributed by atoms with van der Waals surface area (Å²) in [5, 5.41) is 9.50. The number of fused-ring (bicyclic) bond motifs is 1. The van der Waals surface area contributed by atoms with Crippen LogP contribution in [-0.2, 0) is 38.1 Å². The zero-order valence-corrected chi connectivity index (χ0v) is 22.9. The number of carbonyl (C=O) groups excluding carboxylic acids is 4. The molecule has 40 heavy (non-hydrogen) atoms. The van der Waals surface area contributed by atoms with E-state index in [4.69, 9.17) is 18.9 Å². The number of ketones is 1. The number of carbonyl (C=O) groups is 4. The van der Waals surface area contributed by atoms with Gasteiger partial charge in [0.25, 0.3) is 0 Å². The number of hydrogen-bond donors (Lipinski definition) is 1. The summed E-state index contributed by atoms with van der Waals surface area (Å²) >= 11 is 0. The molecule has 3 aliphatic carbocycles. The molecule has 1 aromatic rings. The molecule has 1 N–H and O–H groups in total. The van der Waals surface area contributed by atoms with Crippen LogP contribution in [0.5, 0.6) is 5.75 Å². The van der Waals surface area contributed by atoms with E-state index >= 15 is 0 Å². The molecule has 5 aliphatic rings. The van der Waals surface area contributed by atoms with Gasteiger partial charge in [0.15, 0.2) is 11.2 Å². The van der Waals surface area contributed by atoms with Gasteiger partial charge in [0, 0.05) is 30.3 Å². The van der Waals surface area contributed by atoms with Crippen molar-refractivity contribution in [1.82, 2.24) is 0 Å². The van der Waals surface area contributed by atoms with Crippen LogP contribution in [0.4, 0.5) is 0 Å². The molecule has 0 radical (unpaired) electrons. The Kier molecular flexibility index (Phi) is 6.04. The van der Waals surface area contributed by atoms with Crippen LogP contribution in [0.3, 0.4) is 0 Å². The molecule has 2 spiro atoms. The Balaban J connectivity index is 1.40. The van der Waals surface area contributed by atoms with Crippen molar-refractivity contribution in [3.63, 3.8) is 0 Å². The van der Waals surface area contributed by atoms with E-state index in [0.29, 0.717) is 24.8 Å². The molecule has 2 saturated heterocycles. The number of phenolic OH excluding ortho intramolecular Hbond substituents is 1. The molecule has 2 aliphatic heterocycles. The van der Waals surface area contributed by atoms with Crippen molar-refractivity contribution in [2.45, 2.75) is 65.0 Å². The van der Waals surface area contributed by atoms with Gasteiger partial charge in [0.2, 0.25) is 6.29 Å². The topological polar surface area (TPSA) is 125 Å². The number of Topliss-reactive ketones (excluding diaryl/α,β-unsaturated/α-hetero) is 1. The van der Waals surface area contributed by atoms with Crippen LogP contribution in [0.15, 0.2) is 42.5 Å². The molecule has 5 fully saturated rings. The Bertz CT molecular complexity index is 1330. The average molecular weight is 551 g/mol. The molecule has 1 aromatic carbocycles. The summed E-state index contributed by atoms with van der Waals surface area (Å²) in [6.07, 6.45) is 2.73. The molecule has 4 unspecified atom stereocenters. The second-order valence-corrected chi connectivity index (χ2v) is 12.5. The van der Waals surface area contributed by atoms with Crippen molar-refractivity contribution in [2.75, 3.05) is 6.61 Å². The SMILES string of the molecule is C=C1C(=O)C23C(=O)O[C@H]4CCC(C)(C)C5C(OC(C)=O)OCC54[C@@H]2CC[C@@H]1[C@H]3OC(=O)/C=C/c1ccc(O)cc1. The van der Waals surface area contributed by atoms with Gasteiger partial charge in [-0.3, -0.25) is 14.4 Å². The Hall–Kier alpha value is -3.46. The molecule has 2 heterocycles. The van der Waals surface area contributed by atoms with E-state index in [9.17, 15) is 24.3 Å². The van der Waals surface area contributed by atoms with E-state index in [1.807, 2.05) is 0 Å². The maximum Gasteiger partial charge on any atom is 0.331 e. The summed E-state index contributed by atoms with van der Waals surface area (Å²) in [6, 6.07) is 6.29. The highest BCUT2D eigenvalue weighted by Crippen LogP contribution is 2.71.